The zero-order valence-corrected chi connectivity index (χ0v) is 20.2. The van der Waals surface area contributed by atoms with Gasteiger partial charge < -0.3 is 19.9 Å². The Morgan fingerprint density at radius 1 is 1.03 bits per heavy atom. The maximum Gasteiger partial charge on any atom is 0.490 e. The van der Waals surface area contributed by atoms with E-state index in [0.717, 1.165) is 39.2 Å². The lowest BCUT2D eigenvalue weighted by Gasteiger charge is -2.08. The van der Waals surface area contributed by atoms with Crippen LogP contribution in [0.5, 0.6) is 11.5 Å². The van der Waals surface area contributed by atoms with Crippen molar-refractivity contribution in [1.29, 1.82) is 0 Å². The van der Waals surface area contributed by atoms with Crippen LogP contribution >= 0.6 is 22.6 Å². The van der Waals surface area contributed by atoms with Gasteiger partial charge in [-0.1, -0.05) is 0 Å². The molecular weight excluding hydrogens is 570 g/mol. The van der Waals surface area contributed by atoms with Crippen molar-refractivity contribution in [2.75, 3.05) is 19.5 Å². The largest absolute Gasteiger partial charge is 0.497 e. The lowest BCUT2D eigenvalue weighted by molar-refractivity contribution is -0.192. The average molecular weight is 591 g/mol. The first-order valence-corrected chi connectivity index (χ1v) is 10.7. The quantitative estimate of drug-likeness (QED) is 0.344. The topological polar surface area (TPSA) is 114 Å². The van der Waals surface area contributed by atoms with E-state index in [1.807, 2.05) is 36.4 Å². The molecule has 0 fully saturated rings. The minimum atomic E-state index is -5.08. The number of methoxy groups -OCH3 is 2. The third-order valence-corrected chi connectivity index (χ3v) is 5.03. The monoisotopic (exact) mass is 591 g/mol. The van der Waals surface area contributed by atoms with Gasteiger partial charge in [-0.3, -0.25) is 9.89 Å². The summed E-state index contributed by atoms with van der Waals surface area (Å²) in [5.74, 6) is -0.898. The second kappa shape index (κ2) is 12.3. The fourth-order valence-corrected chi connectivity index (χ4v) is 2.99. The zero-order valence-electron chi connectivity index (χ0n) is 18.1. The number of benzene rings is 2. The molecule has 12 heteroatoms. The number of hydrogen-bond acceptors (Lipinski definition) is 5. The van der Waals surface area contributed by atoms with Crippen LogP contribution in [0.2, 0.25) is 0 Å². The maximum atomic E-state index is 12.3. The Labute approximate surface area is 206 Å². The molecule has 0 aliphatic heterocycles. The molecule has 1 aromatic heterocycles. The molecule has 34 heavy (non-hydrogen) atoms. The fourth-order valence-electron chi connectivity index (χ4n) is 2.63. The molecule has 0 bridgehead atoms. The summed E-state index contributed by atoms with van der Waals surface area (Å²) in [6.07, 6.45) is -3.54. The fraction of sp³-hybridized carbons (Fsp3) is 0.227. The molecule has 3 N–H and O–H groups in total. The van der Waals surface area contributed by atoms with E-state index in [1.165, 1.54) is 0 Å². The van der Waals surface area contributed by atoms with Crippen molar-refractivity contribution in [1.82, 2.24) is 10.2 Å². The van der Waals surface area contributed by atoms with E-state index in [2.05, 4.69) is 38.1 Å². The normalized spacial score (nSPS) is 10.6. The second-order valence-electron chi connectivity index (χ2n) is 6.76. The van der Waals surface area contributed by atoms with Gasteiger partial charge in [0, 0.05) is 27.0 Å². The molecule has 3 rings (SSSR count). The Morgan fingerprint density at radius 2 is 1.59 bits per heavy atom. The number of aryl methyl sites for hydroxylation is 2. The van der Waals surface area contributed by atoms with Crippen LogP contribution in [0, 0.1) is 3.57 Å². The highest BCUT2D eigenvalue weighted by molar-refractivity contribution is 14.1. The number of amides is 1. The highest BCUT2D eigenvalue weighted by atomic mass is 127. The third kappa shape index (κ3) is 8.57. The number of nitrogens with one attached hydrogen (secondary N) is 2. The van der Waals surface area contributed by atoms with Gasteiger partial charge in [-0.15, -0.1) is 0 Å². The average Bonchev–Trinajstić information content (AvgIpc) is 3.24. The van der Waals surface area contributed by atoms with Crippen LogP contribution in [0.25, 0.3) is 0 Å². The van der Waals surface area contributed by atoms with E-state index < -0.39 is 12.1 Å². The van der Waals surface area contributed by atoms with Crippen LogP contribution in [-0.4, -0.2) is 47.6 Å². The van der Waals surface area contributed by atoms with Gasteiger partial charge in [0.25, 0.3) is 5.91 Å². The Morgan fingerprint density at radius 3 is 2.09 bits per heavy atom. The molecule has 8 nitrogen and oxygen atoms in total. The van der Waals surface area contributed by atoms with Crippen LogP contribution in [0.3, 0.4) is 0 Å². The number of aromatic nitrogens is 2. The van der Waals surface area contributed by atoms with E-state index in [4.69, 9.17) is 19.4 Å². The number of hydrogen-bond donors (Lipinski definition) is 3. The minimum absolute atomic E-state index is 0.179. The van der Waals surface area contributed by atoms with Gasteiger partial charge in [-0.2, -0.15) is 18.3 Å². The Kier molecular flexibility index (Phi) is 9.71. The number of carbonyl (C=O) groups is 2. The Bertz CT molecular complexity index is 1100. The Hall–Kier alpha value is -3.29. The minimum Gasteiger partial charge on any atom is -0.497 e. The number of carbonyl (C=O) groups excluding carboxylic acids is 1. The summed E-state index contributed by atoms with van der Waals surface area (Å²) in [5.41, 5.74) is 2.64. The molecule has 0 saturated carbocycles. The number of carboxylic acids is 1. The van der Waals surface area contributed by atoms with Crippen LogP contribution in [0.15, 0.2) is 48.5 Å². The lowest BCUT2D eigenvalue weighted by Crippen LogP contribution is -2.21. The number of alkyl halides is 3. The van der Waals surface area contributed by atoms with Crippen molar-refractivity contribution < 1.29 is 37.3 Å². The highest BCUT2D eigenvalue weighted by Crippen LogP contribution is 2.23. The molecule has 0 saturated heterocycles. The molecule has 182 valence electrons. The number of aliphatic carboxylic acids is 1. The summed E-state index contributed by atoms with van der Waals surface area (Å²) < 4.78 is 43.4. The van der Waals surface area contributed by atoms with Gasteiger partial charge in [0.2, 0.25) is 0 Å². The first kappa shape index (κ1) is 27.0. The zero-order chi connectivity index (χ0) is 25.3. The Balaban J connectivity index is 0.000000509. The van der Waals surface area contributed by atoms with Crippen LogP contribution < -0.4 is 14.8 Å². The molecule has 1 heterocycles. The number of rotatable bonds is 7. The molecule has 0 aliphatic rings. The number of nitrogens with zero attached hydrogens (tertiary/aromatic N) is 1. The van der Waals surface area contributed by atoms with Crippen molar-refractivity contribution in [3.8, 4) is 11.5 Å². The van der Waals surface area contributed by atoms with E-state index in [-0.39, 0.29) is 5.91 Å². The van der Waals surface area contributed by atoms with Gasteiger partial charge in [0.05, 0.1) is 14.2 Å². The number of carboxylic acid groups (broad SMARTS) is 1. The molecule has 0 radical (unpaired) electrons. The first-order valence-electron chi connectivity index (χ1n) is 9.65. The van der Waals surface area contributed by atoms with Crippen LogP contribution in [0.1, 0.15) is 21.6 Å². The van der Waals surface area contributed by atoms with Gasteiger partial charge in [0.15, 0.2) is 5.82 Å². The smallest absolute Gasteiger partial charge is 0.490 e. The molecule has 1 amide bonds. The van der Waals surface area contributed by atoms with Gasteiger partial charge in [0.1, 0.15) is 11.5 Å². The molecule has 0 spiro atoms. The van der Waals surface area contributed by atoms with Crippen molar-refractivity contribution in [2.24, 2.45) is 0 Å². The molecule has 3 aromatic rings. The lowest BCUT2D eigenvalue weighted by atomic mass is 10.1. The van der Waals surface area contributed by atoms with Crippen LogP contribution in [0.4, 0.5) is 19.0 Å². The van der Waals surface area contributed by atoms with Crippen molar-refractivity contribution in [3.05, 3.63) is 68.9 Å². The van der Waals surface area contributed by atoms with E-state index >= 15 is 0 Å². The van der Waals surface area contributed by atoms with Crippen LogP contribution in [-0.2, 0) is 17.6 Å². The van der Waals surface area contributed by atoms with Gasteiger partial charge in [-0.05, 0) is 77.4 Å². The van der Waals surface area contributed by atoms with Gasteiger partial charge in [-0.25, -0.2) is 4.79 Å². The number of halogens is 4. The SMILES string of the molecule is COc1cc(CCc2cc(NC(=O)c3ccc(I)cc3)n[nH]2)cc(OC)c1.O=C(O)C(F)(F)F. The molecular formula is C22H21F3IN3O5. The summed E-state index contributed by atoms with van der Waals surface area (Å²) in [4.78, 5) is 21.2. The van der Waals surface area contributed by atoms with E-state index in [0.29, 0.717) is 11.4 Å². The first-order chi connectivity index (χ1) is 16.0. The molecule has 0 atom stereocenters. The summed E-state index contributed by atoms with van der Waals surface area (Å²) in [6.45, 7) is 0. The van der Waals surface area contributed by atoms with E-state index in [9.17, 15) is 18.0 Å². The van der Waals surface area contributed by atoms with Crippen molar-refractivity contribution in [2.45, 2.75) is 19.0 Å². The number of ether oxygens (including phenoxy) is 2. The number of aromatic amines is 1. The van der Waals surface area contributed by atoms with E-state index in [1.54, 1.807) is 26.4 Å². The van der Waals surface area contributed by atoms with Crippen molar-refractivity contribution >= 4 is 40.3 Å². The molecule has 0 unspecified atom stereocenters. The standard InChI is InChI=1S/C20H20IN3O3.C2HF3O2/c1-26-17-9-13(10-18(12-17)27-2)3-8-16-11-19(24-23-16)22-20(25)14-4-6-15(21)7-5-14;3-2(4,5)1(6)7/h4-7,9-12H,3,8H2,1-2H3,(H2,22,23,24,25);(H,6,7). The van der Waals surface area contributed by atoms with Gasteiger partial charge >= 0.3 is 12.1 Å². The summed E-state index contributed by atoms with van der Waals surface area (Å²) in [6, 6.07) is 15.0. The number of anilines is 1. The summed E-state index contributed by atoms with van der Waals surface area (Å²) in [5, 5.41) is 17.1. The predicted octanol–water partition coefficient (Wildman–Crippen LogP) is 4.70. The predicted molar refractivity (Wildman–Crippen MR) is 126 cm³/mol. The highest BCUT2D eigenvalue weighted by Gasteiger charge is 2.38. The third-order valence-electron chi connectivity index (χ3n) is 4.32. The summed E-state index contributed by atoms with van der Waals surface area (Å²) >= 11 is 2.20. The van der Waals surface area contributed by atoms with Crippen molar-refractivity contribution in [3.63, 3.8) is 0 Å². The molecule has 2 aromatic carbocycles. The molecule has 0 aliphatic carbocycles. The second-order valence-corrected chi connectivity index (χ2v) is 8.01. The summed E-state index contributed by atoms with van der Waals surface area (Å²) in [7, 11) is 3.27. The maximum absolute atomic E-state index is 12.3. The number of H-pyrrole nitrogens is 1.